The number of nitrogens with one attached hydrogen (secondary N) is 2. The number of benzene rings is 4. The first-order valence-corrected chi connectivity index (χ1v) is 11.7. The maximum absolute atomic E-state index is 12.4. The molecule has 4 aromatic carbocycles. The van der Waals surface area contributed by atoms with Gasteiger partial charge in [0.05, 0.1) is 0 Å². The molecule has 1 amide bonds. The summed E-state index contributed by atoms with van der Waals surface area (Å²) in [5, 5.41) is 5.91. The van der Waals surface area contributed by atoms with E-state index in [0.29, 0.717) is 28.2 Å². The number of oxazole rings is 1. The van der Waals surface area contributed by atoms with Crippen LogP contribution in [0.25, 0.3) is 33.7 Å². The fourth-order valence-electron chi connectivity index (χ4n) is 3.50. The molecule has 5 rings (SSSR count). The molecule has 5 aromatic rings. The van der Waals surface area contributed by atoms with Crippen molar-refractivity contribution in [3.05, 3.63) is 107 Å². The zero-order valence-electron chi connectivity index (χ0n) is 17.8. The molecule has 1 aromatic heterocycles. The van der Waals surface area contributed by atoms with Gasteiger partial charge < -0.3 is 9.73 Å². The number of hydrogen-bond acceptors (Lipinski definition) is 4. The van der Waals surface area contributed by atoms with Crippen molar-refractivity contribution >= 4 is 56.0 Å². The standard InChI is InChI=1S/C27H18BrN3O2S/c28-21-12-10-19(11-13-21)25(32)31-27(34)29-22-14-15-24-23(16-22)30-26(33-24)20-8-6-18(7-9-20)17-4-2-1-3-5-17/h1-16H,(H2,29,31,32,34). The Hall–Kier alpha value is -3.81. The number of aromatic nitrogens is 1. The van der Waals surface area contributed by atoms with Gasteiger partial charge in [-0.3, -0.25) is 10.1 Å². The molecule has 0 aliphatic rings. The SMILES string of the molecule is O=C(NC(=S)Nc1ccc2oc(-c3ccc(-c4ccccc4)cc3)nc2c1)c1ccc(Br)cc1. The third-order valence-electron chi connectivity index (χ3n) is 5.22. The molecule has 166 valence electrons. The van der Waals surface area contributed by atoms with E-state index in [0.717, 1.165) is 21.2 Å². The molecule has 0 radical (unpaired) electrons. The average molecular weight is 528 g/mol. The van der Waals surface area contributed by atoms with Gasteiger partial charge in [0.25, 0.3) is 5.91 Å². The highest BCUT2D eigenvalue weighted by molar-refractivity contribution is 9.10. The van der Waals surface area contributed by atoms with Crippen LogP contribution in [0, 0.1) is 0 Å². The number of halogens is 1. The molecule has 7 heteroatoms. The van der Waals surface area contributed by atoms with Crippen LogP contribution >= 0.6 is 28.1 Å². The highest BCUT2D eigenvalue weighted by atomic mass is 79.9. The van der Waals surface area contributed by atoms with Crippen LogP contribution in [0.15, 0.2) is 106 Å². The van der Waals surface area contributed by atoms with Crippen molar-refractivity contribution in [3.8, 4) is 22.6 Å². The minimum Gasteiger partial charge on any atom is -0.436 e. The normalized spacial score (nSPS) is 10.7. The van der Waals surface area contributed by atoms with Crippen molar-refractivity contribution in [1.29, 1.82) is 0 Å². The van der Waals surface area contributed by atoms with E-state index >= 15 is 0 Å². The van der Waals surface area contributed by atoms with E-state index in [-0.39, 0.29) is 11.0 Å². The molecule has 0 spiro atoms. The molecule has 2 N–H and O–H groups in total. The number of nitrogens with zero attached hydrogens (tertiary/aromatic N) is 1. The zero-order valence-corrected chi connectivity index (χ0v) is 20.2. The summed E-state index contributed by atoms with van der Waals surface area (Å²) < 4.78 is 6.85. The fourth-order valence-corrected chi connectivity index (χ4v) is 3.98. The van der Waals surface area contributed by atoms with Crippen LogP contribution in [-0.4, -0.2) is 16.0 Å². The summed E-state index contributed by atoms with van der Waals surface area (Å²) in [4.78, 5) is 17.0. The number of fused-ring (bicyclic) bond motifs is 1. The van der Waals surface area contributed by atoms with Crippen LogP contribution in [0.3, 0.4) is 0 Å². The van der Waals surface area contributed by atoms with Crippen molar-refractivity contribution in [1.82, 2.24) is 10.3 Å². The minimum atomic E-state index is -0.284. The van der Waals surface area contributed by atoms with Crippen LogP contribution in [0.2, 0.25) is 0 Å². The van der Waals surface area contributed by atoms with Crippen LogP contribution in [0.5, 0.6) is 0 Å². The Morgan fingerprint density at radius 2 is 1.50 bits per heavy atom. The molecular weight excluding hydrogens is 510 g/mol. The molecule has 0 atom stereocenters. The van der Waals surface area contributed by atoms with Crippen molar-refractivity contribution in [3.63, 3.8) is 0 Å². The molecule has 0 fully saturated rings. The Balaban J connectivity index is 1.29. The van der Waals surface area contributed by atoms with Gasteiger partial charge in [-0.05, 0) is 77.9 Å². The summed E-state index contributed by atoms with van der Waals surface area (Å²) in [5.74, 6) is 0.256. The first-order valence-electron chi connectivity index (χ1n) is 10.5. The smallest absolute Gasteiger partial charge is 0.257 e. The molecule has 0 saturated carbocycles. The van der Waals surface area contributed by atoms with Crippen LogP contribution in [-0.2, 0) is 0 Å². The maximum Gasteiger partial charge on any atom is 0.257 e. The van der Waals surface area contributed by atoms with E-state index in [1.165, 1.54) is 0 Å². The highest BCUT2D eigenvalue weighted by Crippen LogP contribution is 2.28. The van der Waals surface area contributed by atoms with E-state index in [1.54, 1.807) is 24.3 Å². The topological polar surface area (TPSA) is 67.2 Å². The number of carbonyl (C=O) groups excluding carboxylic acids is 1. The summed E-state index contributed by atoms with van der Waals surface area (Å²) in [6, 6.07) is 30.8. The third-order valence-corrected chi connectivity index (χ3v) is 5.95. The second-order valence-electron chi connectivity index (χ2n) is 7.56. The number of rotatable bonds is 4. The number of anilines is 1. The van der Waals surface area contributed by atoms with Gasteiger partial charge in [-0.1, -0.05) is 58.4 Å². The Morgan fingerprint density at radius 3 is 2.24 bits per heavy atom. The number of carbonyl (C=O) groups is 1. The van der Waals surface area contributed by atoms with E-state index in [9.17, 15) is 4.79 Å². The average Bonchev–Trinajstić information content (AvgIpc) is 3.28. The Bertz CT molecular complexity index is 1480. The summed E-state index contributed by atoms with van der Waals surface area (Å²) in [6.45, 7) is 0. The Kier molecular flexibility index (Phi) is 6.20. The summed E-state index contributed by atoms with van der Waals surface area (Å²) in [6.07, 6.45) is 0. The first kappa shape index (κ1) is 22.0. The van der Waals surface area contributed by atoms with Gasteiger partial charge >= 0.3 is 0 Å². The molecule has 0 unspecified atom stereocenters. The molecule has 34 heavy (non-hydrogen) atoms. The second-order valence-corrected chi connectivity index (χ2v) is 8.88. The van der Waals surface area contributed by atoms with Gasteiger partial charge in [0.1, 0.15) is 5.52 Å². The van der Waals surface area contributed by atoms with E-state index < -0.39 is 0 Å². The van der Waals surface area contributed by atoms with Gasteiger partial charge in [-0.15, -0.1) is 0 Å². The monoisotopic (exact) mass is 527 g/mol. The van der Waals surface area contributed by atoms with Gasteiger partial charge in [-0.25, -0.2) is 4.98 Å². The lowest BCUT2D eigenvalue weighted by atomic mass is 10.0. The number of thiocarbonyl (C=S) groups is 1. The maximum atomic E-state index is 12.4. The molecule has 0 aliphatic heterocycles. The molecule has 0 saturated heterocycles. The van der Waals surface area contributed by atoms with Crippen molar-refractivity contribution in [2.75, 3.05) is 5.32 Å². The summed E-state index contributed by atoms with van der Waals surface area (Å²) >= 11 is 8.65. The van der Waals surface area contributed by atoms with Crippen molar-refractivity contribution in [2.24, 2.45) is 0 Å². The lowest BCUT2D eigenvalue weighted by molar-refractivity contribution is 0.0977. The summed E-state index contributed by atoms with van der Waals surface area (Å²) in [5.41, 5.74) is 5.75. The second kappa shape index (κ2) is 9.59. The molecule has 0 aliphatic carbocycles. The quantitative estimate of drug-likeness (QED) is 0.245. The highest BCUT2D eigenvalue weighted by Gasteiger charge is 2.11. The number of hydrogen-bond donors (Lipinski definition) is 2. The lowest BCUT2D eigenvalue weighted by Gasteiger charge is -2.09. The molecule has 5 nitrogen and oxygen atoms in total. The van der Waals surface area contributed by atoms with Gasteiger partial charge in [0.2, 0.25) is 5.89 Å². The largest absolute Gasteiger partial charge is 0.436 e. The van der Waals surface area contributed by atoms with Crippen LogP contribution in [0.1, 0.15) is 10.4 Å². The first-order chi connectivity index (χ1) is 16.5. The third kappa shape index (κ3) is 4.90. The summed E-state index contributed by atoms with van der Waals surface area (Å²) in [7, 11) is 0. The van der Waals surface area contributed by atoms with E-state index in [4.69, 9.17) is 16.6 Å². The minimum absolute atomic E-state index is 0.201. The molecule has 1 heterocycles. The number of amides is 1. The van der Waals surface area contributed by atoms with E-state index in [2.05, 4.69) is 55.8 Å². The predicted molar refractivity (Wildman–Crippen MR) is 143 cm³/mol. The van der Waals surface area contributed by atoms with Gasteiger partial charge in [0, 0.05) is 21.3 Å². The van der Waals surface area contributed by atoms with Crippen LogP contribution < -0.4 is 10.6 Å². The van der Waals surface area contributed by atoms with E-state index in [1.807, 2.05) is 48.5 Å². The fraction of sp³-hybridized carbons (Fsp3) is 0. The zero-order chi connectivity index (χ0) is 23.5. The lowest BCUT2D eigenvalue weighted by Crippen LogP contribution is -2.34. The Labute approximate surface area is 210 Å². The Morgan fingerprint density at radius 1 is 0.824 bits per heavy atom. The van der Waals surface area contributed by atoms with Crippen molar-refractivity contribution < 1.29 is 9.21 Å². The van der Waals surface area contributed by atoms with Crippen molar-refractivity contribution in [2.45, 2.75) is 0 Å². The molecular formula is C27H18BrN3O2S. The predicted octanol–water partition coefficient (Wildman–Crippen LogP) is 7.05. The molecule has 0 bridgehead atoms. The van der Waals surface area contributed by atoms with Gasteiger partial charge in [-0.2, -0.15) is 0 Å². The van der Waals surface area contributed by atoms with Crippen LogP contribution in [0.4, 0.5) is 5.69 Å². The van der Waals surface area contributed by atoms with Gasteiger partial charge in [0.15, 0.2) is 10.7 Å².